The van der Waals surface area contributed by atoms with Gasteiger partial charge in [0.2, 0.25) is 5.91 Å². The third kappa shape index (κ3) is 10.2. The van der Waals surface area contributed by atoms with Crippen molar-refractivity contribution in [3.63, 3.8) is 0 Å². The molecule has 41 heavy (non-hydrogen) atoms. The maximum Gasteiger partial charge on any atom is 0.327 e. The molecule has 1 aromatic carbocycles. The lowest BCUT2D eigenvalue weighted by Gasteiger charge is -2.28. The van der Waals surface area contributed by atoms with Crippen LogP contribution in [0, 0.1) is 17.8 Å². The highest BCUT2D eigenvalue weighted by Crippen LogP contribution is 2.27. The van der Waals surface area contributed by atoms with E-state index in [4.69, 9.17) is 4.74 Å². The first-order chi connectivity index (χ1) is 19.6. The average molecular weight is 596 g/mol. The molecule has 0 bridgehead atoms. The summed E-state index contributed by atoms with van der Waals surface area (Å²) in [5.74, 6) is -1.24. The van der Waals surface area contributed by atoms with Gasteiger partial charge in [0.25, 0.3) is 15.9 Å². The number of nitrogens with zero attached hydrogens (tertiary/aromatic N) is 1. The van der Waals surface area contributed by atoms with Crippen LogP contribution in [0.3, 0.4) is 0 Å². The summed E-state index contributed by atoms with van der Waals surface area (Å²) >= 11 is 0. The third-order valence-electron chi connectivity index (χ3n) is 8.15. The molecular formula is C28H45N5O7S. The fourth-order valence-corrected chi connectivity index (χ4v) is 6.53. The Morgan fingerprint density at radius 3 is 1.95 bits per heavy atom. The largest absolute Gasteiger partial charge is 0.497 e. The summed E-state index contributed by atoms with van der Waals surface area (Å²) in [5, 5.41) is 19.5. The van der Waals surface area contributed by atoms with E-state index in [0.29, 0.717) is 22.6 Å². The number of ether oxygens (including phenoxy) is 1. The number of benzene rings is 1. The van der Waals surface area contributed by atoms with Gasteiger partial charge in [-0.05, 0) is 121 Å². The van der Waals surface area contributed by atoms with E-state index in [9.17, 15) is 27.9 Å². The van der Waals surface area contributed by atoms with Crippen molar-refractivity contribution in [3.05, 3.63) is 24.3 Å². The molecule has 1 aromatic rings. The monoisotopic (exact) mass is 595 g/mol. The average Bonchev–Trinajstić information content (AvgIpc) is 2.99. The molecule has 2 aliphatic heterocycles. The predicted molar refractivity (Wildman–Crippen MR) is 153 cm³/mol. The van der Waals surface area contributed by atoms with Crippen LogP contribution >= 0.6 is 0 Å². The number of amides is 2. The molecule has 2 amide bonds. The zero-order valence-corrected chi connectivity index (χ0v) is 24.9. The van der Waals surface area contributed by atoms with Gasteiger partial charge in [-0.3, -0.25) is 9.59 Å². The quantitative estimate of drug-likeness (QED) is 0.189. The molecular weight excluding hydrogens is 550 g/mol. The van der Waals surface area contributed by atoms with Gasteiger partial charge in [0.15, 0.2) is 0 Å². The van der Waals surface area contributed by atoms with Crippen LogP contribution in [0.2, 0.25) is 0 Å². The Kier molecular flexibility index (Phi) is 12.8. The normalized spacial score (nSPS) is 17.6. The lowest BCUT2D eigenvalue weighted by atomic mass is 9.84. The van der Waals surface area contributed by atoms with Crippen molar-refractivity contribution in [3.8, 4) is 5.75 Å². The summed E-state index contributed by atoms with van der Waals surface area (Å²) in [4.78, 5) is 40.1. The van der Waals surface area contributed by atoms with E-state index in [0.717, 1.165) is 77.5 Å². The first-order valence-corrected chi connectivity index (χ1v) is 16.0. The highest BCUT2D eigenvalue weighted by Gasteiger charge is 2.31. The first kappa shape index (κ1) is 32.8. The van der Waals surface area contributed by atoms with Crippen molar-refractivity contribution in [2.75, 3.05) is 39.8 Å². The molecule has 0 aromatic heterocycles. The van der Waals surface area contributed by atoms with Crippen LogP contribution in [0.4, 0.5) is 0 Å². The third-order valence-corrected chi connectivity index (χ3v) is 9.48. The Balaban J connectivity index is 1.65. The Morgan fingerprint density at radius 2 is 1.49 bits per heavy atom. The number of rotatable bonds is 15. The van der Waals surface area contributed by atoms with Crippen molar-refractivity contribution in [1.29, 1.82) is 0 Å². The molecule has 5 N–H and O–H groups in total. The van der Waals surface area contributed by atoms with Crippen LogP contribution in [-0.2, 0) is 24.4 Å². The SMILES string of the molecule is COc1ccc(S(=O)(=O)NN(C(=O)CNC(=O)C(CCC2CCNCC2)CCC2CCNCC2)C(C)C(=O)O)cc1. The van der Waals surface area contributed by atoms with Gasteiger partial charge < -0.3 is 25.8 Å². The minimum Gasteiger partial charge on any atom is -0.497 e. The molecule has 2 aliphatic rings. The topological polar surface area (TPSA) is 166 Å². The summed E-state index contributed by atoms with van der Waals surface area (Å²) in [6, 6.07) is 3.94. The summed E-state index contributed by atoms with van der Waals surface area (Å²) in [5.41, 5.74) is 0. The molecule has 1 unspecified atom stereocenters. The molecule has 0 saturated carbocycles. The number of carbonyl (C=O) groups is 3. The molecule has 3 rings (SSSR count). The van der Waals surface area contributed by atoms with Crippen LogP contribution in [0.15, 0.2) is 29.2 Å². The second kappa shape index (κ2) is 16.0. The maximum atomic E-state index is 13.3. The van der Waals surface area contributed by atoms with Crippen LogP contribution in [0.5, 0.6) is 5.75 Å². The maximum absolute atomic E-state index is 13.3. The van der Waals surface area contributed by atoms with E-state index in [1.54, 1.807) is 0 Å². The molecule has 2 saturated heterocycles. The highest BCUT2D eigenvalue weighted by atomic mass is 32.2. The zero-order chi connectivity index (χ0) is 29.8. The number of hydrazine groups is 1. The van der Waals surface area contributed by atoms with Crippen molar-refractivity contribution < 1.29 is 32.6 Å². The van der Waals surface area contributed by atoms with E-state index in [1.807, 2.05) is 0 Å². The predicted octanol–water partition coefficient (Wildman–Crippen LogP) is 1.48. The Labute approximate surface area is 243 Å². The molecule has 13 heteroatoms. The van der Waals surface area contributed by atoms with Crippen LogP contribution in [-0.4, -0.2) is 82.2 Å². The van der Waals surface area contributed by atoms with Gasteiger partial charge in [-0.2, -0.15) is 0 Å². The van der Waals surface area contributed by atoms with Crippen molar-refractivity contribution >= 4 is 27.8 Å². The molecule has 2 fully saturated rings. The number of aliphatic carboxylic acids is 1. The number of sulfonamides is 1. The molecule has 0 spiro atoms. The molecule has 0 aliphatic carbocycles. The Hall–Kier alpha value is -2.74. The van der Waals surface area contributed by atoms with Gasteiger partial charge in [0, 0.05) is 5.92 Å². The summed E-state index contributed by atoms with van der Waals surface area (Å²) < 4.78 is 31.0. The van der Waals surface area contributed by atoms with Crippen molar-refractivity contribution in [2.45, 2.75) is 69.2 Å². The first-order valence-electron chi connectivity index (χ1n) is 14.5. The number of piperidine rings is 2. The summed E-state index contributed by atoms with van der Waals surface area (Å²) in [6.45, 7) is 4.59. The van der Waals surface area contributed by atoms with Gasteiger partial charge in [-0.1, -0.05) is 0 Å². The zero-order valence-electron chi connectivity index (χ0n) is 24.1. The van der Waals surface area contributed by atoms with Crippen molar-refractivity contribution in [2.24, 2.45) is 17.8 Å². The number of carboxylic acids is 1. The number of methoxy groups -OCH3 is 1. The molecule has 0 radical (unpaired) electrons. The van der Waals surface area contributed by atoms with Crippen LogP contribution < -0.4 is 25.5 Å². The van der Waals surface area contributed by atoms with E-state index in [2.05, 4.69) is 20.8 Å². The molecule has 1 atom stereocenters. The van der Waals surface area contributed by atoms with Crippen LogP contribution in [0.1, 0.15) is 58.3 Å². The number of carboxylic acid groups (broad SMARTS) is 1. The fraction of sp³-hybridized carbons (Fsp3) is 0.679. The van der Waals surface area contributed by atoms with E-state index in [-0.39, 0.29) is 16.7 Å². The van der Waals surface area contributed by atoms with E-state index in [1.165, 1.54) is 38.3 Å². The lowest BCUT2D eigenvalue weighted by molar-refractivity contribution is -0.150. The van der Waals surface area contributed by atoms with Gasteiger partial charge >= 0.3 is 5.97 Å². The second-order valence-electron chi connectivity index (χ2n) is 11.0. The lowest BCUT2D eigenvalue weighted by Crippen LogP contribution is -2.56. The fourth-order valence-electron chi connectivity index (χ4n) is 5.41. The minimum absolute atomic E-state index is 0.173. The Morgan fingerprint density at radius 1 is 0.976 bits per heavy atom. The molecule has 230 valence electrons. The van der Waals surface area contributed by atoms with Gasteiger partial charge in [-0.15, -0.1) is 4.83 Å². The number of carbonyl (C=O) groups excluding carboxylic acids is 2. The number of nitrogens with one attached hydrogen (secondary N) is 4. The van der Waals surface area contributed by atoms with E-state index < -0.39 is 34.5 Å². The second-order valence-corrected chi connectivity index (χ2v) is 12.7. The van der Waals surface area contributed by atoms with Gasteiger partial charge in [0.1, 0.15) is 11.8 Å². The number of hydrogen-bond acceptors (Lipinski definition) is 8. The smallest absolute Gasteiger partial charge is 0.327 e. The van der Waals surface area contributed by atoms with Gasteiger partial charge in [0.05, 0.1) is 18.6 Å². The summed E-state index contributed by atoms with van der Waals surface area (Å²) in [6.07, 6.45) is 7.63. The van der Waals surface area contributed by atoms with Crippen molar-refractivity contribution in [1.82, 2.24) is 25.8 Å². The molecule has 2 heterocycles. The highest BCUT2D eigenvalue weighted by molar-refractivity contribution is 7.89. The minimum atomic E-state index is -4.29. The van der Waals surface area contributed by atoms with Crippen LogP contribution in [0.25, 0.3) is 0 Å². The number of hydrogen-bond donors (Lipinski definition) is 5. The summed E-state index contributed by atoms with van der Waals surface area (Å²) in [7, 11) is -2.85. The Bertz CT molecular complexity index is 1080. The van der Waals surface area contributed by atoms with E-state index >= 15 is 0 Å². The standard InChI is InChI=1S/C28H45N5O7S/c1-20(28(36)37)33(32-41(38,39)25-9-7-24(40-2)8-10-25)26(34)19-31-27(35)23(5-3-21-11-15-29-16-12-21)6-4-22-13-17-30-18-14-22/h7-10,20-23,29-30,32H,3-6,11-19H2,1-2H3,(H,31,35)(H,36,37). The van der Waals surface area contributed by atoms with Gasteiger partial charge in [-0.25, -0.2) is 18.2 Å². The molecule has 12 nitrogen and oxygen atoms in total.